The summed E-state index contributed by atoms with van der Waals surface area (Å²) in [7, 11) is 0. The summed E-state index contributed by atoms with van der Waals surface area (Å²) in [5, 5.41) is 9.97. The van der Waals surface area contributed by atoms with Gasteiger partial charge in [-0.1, -0.05) is 30.3 Å². The Morgan fingerprint density at radius 3 is 2.50 bits per heavy atom. The fourth-order valence-corrected chi connectivity index (χ4v) is 1.64. The Morgan fingerprint density at radius 1 is 1.17 bits per heavy atom. The van der Waals surface area contributed by atoms with E-state index in [0.717, 1.165) is 0 Å². The standard InChI is InChI=1S/C12H13FN4O/c13-10-8(16-12(15)17-11(10)14)6-9(18)7-4-2-1-3-5-7/h1-5,9,18H,6H2,(H4,14,15,16,17). The highest BCUT2D eigenvalue weighted by Crippen LogP contribution is 2.20. The molecule has 2 aromatic rings. The second kappa shape index (κ2) is 4.97. The fraction of sp³-hybridized carbons (Fsp3) is 0.167. The van der Waals surface area contributed by atoms with Crippen molar-refractivity contribution in [2.45, 2.75) is 12.5 Å². The van der Waals surface area contributed by atoms with Crippen molar-refractivity contribution < 1.29 is 9.50 Å². The second-order valence-corrected chi connectivity index (χ2v) is 3.86. The maximum atomic E-state index is 13.6. The third kappa shape index (κ3) is 2.54. The molecule has 0 amide bonds. The number of nitrogen functional groups attached to an aromatic ring is 2. The van der Waals surface area contributed by atoms with Gasteiger partial charge in [0, 0.05) is 6.42 Å². The summed E-state index contributed by atoms with van der Waals surface area (Å²) in [6.45, 7) is 0. The molecule has 18 heavy (non-hydrogen) atoms. The molecule has 0 spiro atoms. The molecule has 94 valence electrons. The summed E-state index contributed by atoms with van der Waals surface area (Å²) in [6.07, 6.45) is -0.873. The van der Waals surface area contributed by atoms with E-state index in [4.69, 9.17) is 11.5 Å². The summed E-state index contributed by atoms with van der Waals surface area (Å²) in [6, 6.07) is 8.90. The number of rotatable bonds is 3. The lowest BCUT2D eigenvalue weighted by Gasteiger charge is -2.11. The molecule has 6 heteroatoms. The van der Waals surface area contributed by atoms with Crippen LogP contribution in [0.5, 0.6) is 0 Å². The van der Waals surface area contributed by atoms with Crippen LogP contribution in [-0.2, 0) is 6.42 Å². The normalized spacial score (nSPS) is 12.3. The Labute approximate surface area is 103 Å². The van der Waals surface area contributed by atoms with Gasteiger partial charge in [-0.25, -0.2) is 9.37 Å². The van der Waals surface area contributed by atoms with Gasteiger partial charge in [-0.05, 0) is 5.56 Å². The molecule has 1 atom stereocenters. The molecule has 0 saturated heterocycles. The van der Waals surface area contributed by atoms with E-state index in [9.17, 15) is 9.50 Å². The van der Waals surface area contributed by atoms with E-state index in [-0.39, 0.29) is 23.9 Å². The van der Waals surface area contributed by atoms with Gasteiger partial charge in [0.05, 0.1) is 11.8 Å². The zero-order chi connectivity index (χ0) is 13.1. The highest BCUT2D eigenvalue weighted by Gasteiger charge is 2.16. The molecular weight excluding hydrogens is 235 g/mol. The molecule has 0 bridgehead atoms. The molecule has 5 nitrogen and oxygen atoms in total. The fourth-order valence-electron chi connectivity index (χ4n) is 1.64. The summed E-state index contributed by atoms with van der Waals surface area (Å²) >= 11 is 0. The molecular formula is C12H13FN4O. The first-order chi connectivity index (χ1) is 8.58. The molecule has 5 N–H and O–H groups in total. The highest BCUT2D eigenvalue weighted by atomic mass is 19.1. The van der Waals surface area contributed by atoms with Crippen molar-refractivity contribution in [1.29, 1.82) is 0 Å². The van der Waals surface area contributed by atoms with Crippen LogP contribution >= 0.6 is 0 Å². The van der Waals surface area contributed by atoms with Gasteiger partial charge in [-0.2, -0.15) is 4.98 Å². The summed E-state index contributed by atoms with van der Waals surface area (Å²) in [4.78, 5) is 7.25. The van der Waals surface area contributed by atoms with Gasteiger partial charge in [0.1, 0.15) is 0 Å². The van der Waals surface area contributed by atoms with Crippen molar-refractivity contribution in [2.75, 3.05) is 11.5 Å². The number of hydrogen-bond acceptors (Lipinski definition) is 5. The Morgan fingerprint density at radius 2 is 1.83 bits per heavy atom. The number of nitrogens with two attached hydrogens (primary N) is 2. The molecule has 0 aliphatic carbocycles. The average Bonchev–Trinajstić information content (AvgIpc) is 2.36. The van der Waals surface area contributed by atoms with E-state index < -0.39 is 11.9 Å². The third-order valence-corrected chi connectivity index (χ3v) is 2.53. The van der Waals surface area contributed by atoms with Crippen LogP contribution in [0.25, 0.3) is 0 Å². The first-order valence-electron chi connectivity index (χ1n) is 5.38. The van der Waals surface area contributed by atoms with Gasteiger partial charge in [-0.3, -0.25) is 0 Å². The number of hydrogen-bond donors (Lipinski definition) is 3. The minimum absolute atomic E-state index is 0.00718. The Kier molecular flexibility index (Phi) is 3.38. The lowest BCUT2D eigenvalue weighted by atomic mass is 10.0. The lowest BCUT2D eigenvalue weighted by molar-refractivity contribution is 0.176. The van der Waals surface area contributed by atoms with Crippen molar-refractivity contribution in [2.24, 2.45) is 0 Å². The smallest absolute Gasteiger partial charge is 0.222 e. The van der Waals surface area contributed by atoms with E-state index in [1.54, 1.807) is 24.3 Å². The molecule has 1 aromatic carbocycles. The summed E-state index contributed by atoms with van der Waals surface area (Å²) in [5.41, 5.74) is 11.4. The minimum atomic E-state index is -0.866. The summed E-state index contributed by atoms with van der Waals surface area (Å²) < 4.78 is 13.6. The molecule has 0 aliphatic rings. The molecule has 0 fully saturated rings. The molecule has 0 aliphatic heterocycles. The van der Waals surface area contributed by atoms with E-state index in [1.165, 1.54) is 0 Å². The number of aliphatic hydroxyl groups excluding tert-OH is 1. The molecule has 0 radical (unpaired) electrons. The van der Waals surface area contributed by atoms with Gasteiger partial charge in [-0.15, -0.1) is 0 Å². The largest absolute Gasteiger partial charge is 0.388 e. The van der Waals surface area contributed by atoms with Crippen molar-refractivity contribution in [3.05, 3.63) is 47.4 Å². The van der Waals surface area contributed by atoms with E-state index >= 15 is 0 Å². The van der Waals surface area contributed by atoms with Crippen LogP contribution in [0, 0.1) is 5.82 Å². The van der Waals surface area contributed by atoms with Crippen molar-refractivity contribution >= 4 is 11.8 Å². The molecule has 1 unspecified atom stereocenters. The van der Waals surface area contributed by atoms with Crippen molar-refractivity contribution in [1.82, 2.24) is 9.97 Å². The molecule has 2 rings (SSSR count). The number of anilines is 2. The molecule has 1 heterocycles. The summed E-state index contributed by atoms with van der Waals surface area (Å²) in [5.74, 6) is -1.15. The van der Waals surface area contributed by atoms with Crippen LogP contribution in [0.3, 0.4) is 0 Å². The Balaban J connectivity index is 2.24. The van der Waals surface area contributed by atoms with Gasteiger partial charge < -0.3 is 16.6 Å². The number of aliphatic hydroxyl groups is 1. The van der Waals surface area contributed by atoms with Crippen LogP contribution in [-0.4, -0.2) is 15.1 Å². The first kappa shape index (κ1) is 12.3. The highest BCUT2D eigenvalue weighted by molar-refractivity contribution is 5.38. The van der Waals surface area contributed by atoms with Crippen LogP contribution in [0.2, 0.25) is 0 Å². The van der Waals surface area contributed by atoms with E-state index in [1.807, 2.05) is 6.07 Å². The Hall–Kier alpha value is -2.21. The minimum Gasteiger partial charge on any atom is -0.388 e. The van der Waals surface area contributed by atoms with Crippen LogP contribution in [0.15, 0.2) is 30.3 Å². The maximum absolute atomic E-state index is 13.6. The van der Waals surface area contributed by atoms with Gasteiger partial charge in [0.2, 0.25) is 5.95 Å². The van der Waals surface area contributed by atoms with E-state index in [0.29, 0.717) is 5.56 Å². The lowest BCUT2D eigenvalue weighted by Crippen LogP contribution is -2.11. The quantitative estimate of drug-likeness (QED) is 0.754. The number of halogens is 1. The number of aromatic nitrogens is 2. The van der Waals surface area contributed by atoms with Gasteiger partial charge >= 0.3 is 0 Å². The predicted molar refractivity (Wildman–Crippen MR) is 65.9 cm³/mol. The zero-order valence-electron chi connectivity index (χ0n) is 9.55. The van der Waals surface area contributed by atoms with Gasteiger partial charge in [0.25, 0.3) is 0 Å². The van der Waals surface area contributed by atoms with E-state index in [2.05, 4.69) is 9.97 Å². The third-order valence-electron chi connectivity index (χ3n) is 2.53. The van der Waals surface area contributed by atoms with Crippen LogP contribution in [0.4, 0.5) is 16.2 Å². The molecule has 0 saturated carbocycles. The zero-order valence-corrected chi connectivity index (χ0v) is 9.55. The SMILES string of the molecule is Nc1nc(N)c(F)c(CC(O)c2ccccc2)n1. The Bertz CT molecular complexity index is 547. The van der Waals surface area contributed by atoms with Crippen LogP contribution < -0.4 is 11.5 Å². The van der Waals surface area contributed by atoms with Crippen LogP contribution in [0.1, 0.15) is 17.4 Å². The monoisotopic (exact) mass is 248 g/mol. The van der Waals surface area contributed by atoms with Crippen molar-refractivity contribution in [3.8, 4) is 0 Å². The second-order valence-electron chi connectivity index (χ2n) is 3.86. The number of nitrogens with zero attached hydrogens (tertiary/aromatic N) is 2. The van der Waals surface area contributed by atoms with Crippen molar-refractivity contribution in [3.63, 3.8) is 0 Å². The predicted octanol–water partition coefficient (Wildman–Crippen LogP) is 1.06. The average molecular weight is 248 g/mol. The topological polar surface area (TPSA) is 98.0 Å². The van der Waals surface area contributed by atoms with Gasteiger partial charge in [0.15, 0.2) is 11.6 Å². The maximum Gasteiger partial charge on any atom is 0.222 e. The first-order valence-corrected chi connectivity index (χ1v) is 5.38. The molecule has 1 aromatic heterocycles. The number of benzene rings is 1.